The SMILES string of the molecule is CCN(CC)c1ccc(/C=C2/SC(=O)N(Cc3ccccc3[N+](=O)[O-])C2=O)c(OCC(=O)Nc2cccc([N+](=O)[O-])c2)c1. The number of imide groups is 1. The molecule has 0 aromatic heterocycles. The molecule has 0 aliphatic carbocycles. The van der Waals surface area contributed by atoms with Crippen LogP contribution in [0.4, 0.5) is 27.5 Å². The molecule has 1 fully saturated rings. The smallest absolute Gasteiger partial charge is 0.293 e. The second kappa shape index (κ2) is 13.6. The van der Waals surface area contributed by atoms with Crippen LogP contribution in [0.1, 0.15) is 25.0 Å². The Bertz CT molecular complexity index is 1620. The minimum atomic E-state index is -0.615. The van der Waals surface area contributed by atoms with Crippen LogP contribution in [-0.2, 0) is 16.1 Å². The Labute approximate surface area is 250 Å². The van der Waals surface area contributed by atoms with Crippen LogP contribution >= 0.6 is 11.8 Å². The highest BCUT2D eigenvalue weighted by Gasteiger charge is 2.36. The van der Waals surface area contributed by atoms with Gasteiger partial charge in [0, 0.05) is 59.9 Å². The molecule has 0 bridgehead atoms. The van der Waals surface area contributed by atoms with Crippen LogP contribution in [0.15, 0.2) is 71.6 Å². The maximum atomic E-state index is 13.2. The second-order valence-electron chi connectivity index (χ2n) is 9.19. The zero-order valence-corrected chi connectivity index (χ0v) is 24.0. The first kappa shape index (κ1) is 30.7. The normalized spacial score (nSPS) is 13.7. The van der Waals surface area contributed by atoms with E-state index < -0.39 is 33.5 Å². The van der Waals surface area contributed by atoms with Crippen LogP contribution in [0.2, 0.25) is 0 Å². The van der Waals surface area contributed by atoms with Gasteiger partial charge in [-0.05, 0) is 49.9 Å². The van der Waals surface area contributed by atoms with Gasteiger partial charge in [-0.1, -0.05) is 24.3 Å². The average molecular weight is 606 g/mol. The minimum absolute atomic E-state index is 0.0880. The fourth-order valence-corrected chi connectivity index (χ4v) is 5.19. The van der Waals surface area contributed by atoms with E-state index in [1.165, 1.54) is 48.5 Å². The van der Waals surface area contributed by atoms with E-state index in [-0.39, 0.29) is 39.8 Å². The number of nitro benzene ring substituents is 2. The van der Waals surface area contributed by atoms with E-state index in [4.69, 9.17) is 4.74 Å². The van der Waals surface area contributed by atoms with Crippen LogP contribution in [0.3, 0.4) is 0 Å². The maximum Gasteiger partial charge on any atom is 0.293 e. The number of anilines is 2. The van der Waals surface area contributed by atoms with Gasteiger partial charge >= 0.3 is 0 Å². The number of thioether (sulfide) groups is 1. The summed E-state index contributed by atoms with van der Waals surface area (Å²) in [4.78, 5) is 63.0. The molecule has 222 valence electrons. The molecule has 1 N–H and O–H groups in total. The van der Waals surface area contributed by atoms with E-state index in [1.54, 1.807) is 18.2 Å². The Hall–Kier alpha value is -5.24. The molecule has 3 aromatic rings. The Balaban J connectivity index is 1.57. The molecule has 0 unspecified atom stereocenters. The lowest BCUT2D eigenvalue weighted by Crippen LogP contribution is -2.27. The highest BCUT2D eigenvalue weighted by atomic mass is 32.2. The van der Waals surface area contributed by atoms with Crippen molar-refractivity contribution in [3.8, 4) is 5.75 Å². The summed E-state index contributed by atoms with van der Waals surface area (Å²) in [5.74, 6) is -0.913. The molecular formula is C29H27N5O8S. The van der Waals surface area contributed by atoms with Gasteiger partial charge in [0.05, 0.1) is 21.3 Å². The van der Waals surface area contributed by atoms with Gasteiger partial charge in [0.15, 0.2) is 6.61 Å². The molecule has 0 atom stereocenters. The first-order valence-electron chi connectivity index (χ1n) is 13.1. The number of nitrogens with zero attached hydrogens (tertiary/aromatic N) is 4. The molecule has 0 spiro atoms. The van der Waals surface area contributed by atoms with E-state index in [2.05, 4.69) is 10.2 Å². The lowest BCUT2D eigenvalue weighted by molar-refractivity contribution is -0.385. The predicted molar refractivity (Wildman–Crippen MR) is 162 cm³/mol. The van der Waals surface area contributed by atoms with Crippen molar-refractivity contribution < 1.29 is 29.0 Å². The summed E-state index contributed by atoms with van der Waals surface area (Å²) in [5.41, 5.74) is 1.31. The van der Waals surface area contributed by atoms with Gasteiger partial charge in [-0.15, -0.1) is 0 Å². The molecule has 1 heterocycles. The van der Waals surface area contributed by atoms with Gasteiger partial charge in [-0.25, -0.2) is 0 Å². The Morgan fingerprint density at radius 3 is 2.44 bits per heavy atom. The first-order valence-corrected chi connectivity index (χ1v) is 14.0. The third-order valence-electron chi connectivity index (χ3n) is 6.50. The summed E-state index contributed by atoms with van der Waals surface area (Å²) in [6.07, 6.45) is 1.48. The van der Waals surface area contributed by atoms with Crippen molar-refractivity contribution in [2.45, 2.75) is 20.4 Å². The van der Waals surface area contributed by atoms with Gasteiger partial charge in [-0.2, -0.15) is 0 Å². The number of amides is 3. The number of hydrogen-bond donors (Lipinski definition) is 1. The fraction of sp³-hybridized carbons (Fsp3) is 0.207. The number of para-hydroxylation sites is 1. The van der Waals surface area contributed by atoms with Crippen molar-refractivity contribution in [3.05, 3.63) is 103 Å². The number of rotatable bonds is 12. The van der Waals surface area contributed by atoms with Crippen LogP contribution in [0, 0.1) is 20.2 Å². The molecule has 1 aliphatic rings. The molecule has 13 nitrogen and oxygen atoms in total. The number of carbonyl (C=O) groups excluding carboxylic acids is 3. The van der Waals surface area contributed by atoms with Crippen LogP contribution in [-0.4, -0.2) is 51.5 Å². The molecule has 4 rings (SSSR count). The number of nitro groups is 2. The van der Waals surface area contributed by atoms with E-state index in [0.29, 0.717) is 30.4 Å². The largest absolute Gasteiger partial charge is 0.483 e. The summed E-state index contributed by atoms with van der Waals surface area (Å²) in [6, 6.07) is 16.6. The van der Waals surface area contributed by atoms with Crippen molar-refractivity contribution in [1.82, 2.24) is 4.90 Å². The van der Waals surface area contributed by atoms with Crippen molar-refractivity contribution in [2.24, 2.45) is 0 Å². The van der Waals surface area contributed by atoms with Crippen molar-refractivity contribution in [3.63, 3.8) is 0 Å². The van der Waals surface area contributed by atoms with Gasteiger partial charge in [0.25, 0.3) is 28.4 Å². The number of nitrogens with one attached hydrogen (secondary N) is 1. The molecule has 1 aliphatic heterocycles. The summed E-state index contributed by atoms with van der Waals surface area (Å²) in [7, 11) is 0. The lowest BCUT2D eigenvalue weighted by Gasteiger charge is -2.22. The average Bonchev–Trinajstić information content (AvgIpc) is 3.25. The first-order chi connectivity index (χ1) is 20.6. The standard InChI is InChI=1S/C29H27N5O8S/c1-3-31(4-2)22-13-12-19(25(16-22)42-18-27(35)30-21-9-7-10-23(15-21)33(38)39)14-26-28(36)32(29(37)43-26)17-20-8-5-6-11-24(20)34(40)41/h5-16H,3-4,17-18H2,1-2H3,(H,30,35)/b26-14+. The zero-order chi connectivity index (χ0) is 31.1. The maximum absolute atomic E-state index is 13.2. The number of non-ortho nitro benzene ring substituents is 1. The predicted octanol–water partition coefficient (Wildman–Crippen LogP) is 5.60. The molecular weight excluding hydrogens is 578 g/mol. The zero-order valence-electron chi connectivity index (χ0n) is 23.2. The number of hydrogen-bond acceptors (Lipinski definition) is 10. The quantitative estimate of drug-likeness (QED) is 0.156. The second-order valence-corrected chi connectivity index (χ2v) is 10.2. The summed E-state index contributed by atoms with van der Waals surface area (Å²) in [6.45, 7) is 4.67. The molecule has 43 heavy (non-hydrogen) atoms. The Morgan fingerprint density at radius 1 is 1.00 bits per heavy atom. The van der Waals surface area contributed by atoms with Crippen LogP contribution in [0.25, 0.3) is 6.08 Å². The molecule has 0 saturated carbocycles. The topological polar surface area (TPSA) is 165 Å². The van der Waals surface area contributed by atoms with Crippen LogP contribution < -0.4 is 15.0 Å². The summed E-state index contributed by atoms with van der Waals surface area (Å²) in [5, 5.41) is 24.4. The Morgan fingerprint density at radius 2 is 1.74 bits per heavy atom. The number of benzene rings is 3. The third kappa shape index (κ3) is 7.35. The minimum Gasteiger partial charge on any atom is -0.483 e. The van der Waals surface area contributed by atoms with Gasteiger partial charge in [-0.3, -0.25) is 39.5 Å². The Kier molecular flexibility index (Phi) is 9.72. The lowest BCUT2D eigenvalue weighted by atomic mass is 10.1. The van der Waals surface area contributed by atoms with Crippen molar-refractivity contribution in [1.29, 1.82) is 0 Å². The van der Waals surface area contributed by atoms with Crippen molar-refractivity contribution >= 4 is 57.6 Å². The van der Waals surface area contributed by atoms with Gasteiger partial charge in [0.1, 0.15) is 5.75 Å². The van der Waals surface area contributed by atoms with E-state index >= 15 is 0 Å². The molecule has 3 amide bonds. The molecule has 14 heteroatoms. The molecule has 1 saturated heterocycles. The van der Waals surface area contributed by atoms with Gasteiger partial charge in [0.2, 0.25) is 0 Å². The van der Waals surface area contributed by atoms with E-state index in [9.17, 15) is 34.6 Å². The van der Waals surface area contributed by atoms with E-state index in [1.807, 2.05) is 19.9 Å². The van der Waals surface area contributed by atoms with E-state index in [0.717, 1.165) is 10.6 Å². The van der Waals surface area contributed by atoms with Gasteiger partial charge < -0.3 is 15.0 Å². The number of ether oxygens (including phenoxy) is 1. The summed E-state index contributed by atoms with van der Waals surface area (Å²) >= 11 is 0.697. The molecule has 0 radical (unpaired) electrons. The monoisotopic (exact) mass is 605 g/mol. The highest BCUT2D eigenvalue weighted by molar-refractivity contribution is 8.18. The van der Waals surface area contributed by atoms with Crippen LogP contribution in [0.5, 0.6) is 5.75 Å². The molecule has 3 aromatic carbocycles. The summed E-state index contributed by atoms with van der Waals surface area (Å²) < 4.78 is 5.85. The highest BCUT2D eigenvalue weighted by Crippen LogP contribution is 2.37. The van der Waals surface area contributed by atoms with Crippen molar-refractivity contribution in [2.75, 3.05) is 29.9 Å². The fourth-order valence-electron chi connectivity index (χ4n) is 4.36. The third-order valence-corrected chi connectivity index (χ3v) is 7.41. The number of carbonyl (C=O) groups is 3.